The standard InChI is InChI=1S/C24H30N6O/c1-5-30-15-20(17(3)28-30)14-29-10-6-7-23(29)22-12-19(11-16(2)27-22)18-8-9-21(26-13-18)24(31)25-4/h8-9,11-13,15,23H,5-7,10,14H2,1-4H3,(H,25,31). The molecule has 0 aliphatic carbocycles. The molecule has 1 aliphatic heterocycles. The van der Waals surface area contributed by atoms with Crippen molar-refractivity contribution in [2.24, 2.45) is 0 Å². The van der Waals surface area contributed by atoms with E-state index in [9.17, 15) is 4.79 Å². The fourth-order valence-corrected chi connectivity index (χ4v) is 4.30. The molecule has 7 heteroatoms. The number of nitrogens with one attached hydrogen (secondary N) is 1. The van der Waals surface area contributed by atoms with Crippen molar-refractivity contribution in [2.45, 2.75) is 52.7 Å². The van der Waals surface area contributed by atoms with Gasteiger partial charge in [0.1, 0.15) is 5.69 Å². The predicted molar refractivity (Wildman–Crippen MR) is 121 cm³/mol. The monoisotopic (exact) mass is 418 g/mol. The van der Waals surface area contributed by atoms with Crippen molar-refractivity contribution in [3.63, 3.8) is 0 Å². The van der Waals surface area contributed by atoms with Crippen molar-refractivity contribution in [2.75, 3.05) is 13.6 Å². The van der Waals surface area contributed by atoms with Gasteiger partial charge in [-0.1, -0.05) is 6.07 Å². The van der Waals surface area contributed by atoms with Gasteiger partial charge in [0.05, 0.1) is 17.4 Å². The second kappa shape index (κ2) is 8.98. The molecule has 0 radical (unpaired) electrons. The summed E-state index contributed by atoms with van der Waals surface area (Å²) < 4.78 is 2.01. The third-order valence-corrected chi connectivity index (χ3v) is 5.98. The van der Waals surface area contributed by atoms with E-state index in [1.165, 1.54) is 12.0 Å². The van der Waals surface area contributed by atoms with Crippen LogP contribution in [-0.2, 0) is 13.1 Å². The highest BCUT2D eigenvalue weighted by Gasteiger charge is 2.28. The lowest BCUT2D eigenvalue weighted by Gasteiger charge is -2.24. The SMILES string of the molecule is CCn1cc(CN2CCCC2c2cc(-c3ccc(C(=O)NC)nc3)cc(C)n2)c(C)n1. The molecule has 3 aromatic rings. The molecule has 1 N–H and O–H groups in total. The second-order valence-corrected chi connectivity index (χ2v) is 8.16. The summed E-state index contributed by atoms with van der Waals surface area (Å²) in [7, 11) is 1.61. The summed E-state index contributed by atoms with van der Waals surface area (Å²) in [6.45, 7) is 9.08. The third-order valence-electron chi connectivity index (χ3n) is 5.98. The highest BCUT2D eigenvalue weighted by atomic mass is 16.1. The molecular formula is C24H30N6O. The molecule has 1 fully saturated rings. The van der Waals surface area contributed by atoms with Gasteiger partial charge in [-0.3, -0.25) is 24.3 Å². The Morgan fingerprint density at radius 2 is 2.06 bits per heavy atom. The average molecular weight is 419 g/mol. The number of aromatic nitrogens is 4. The molecule has 3 aromatic heterocycles. The summed E-state index contributed by atoms with van der Waals surface area (Å²) in [6.07, 6.45) is 6.20. The second-order valence-electron chi connectivity index (χ2n) is 8.16. The highest BCUT2D eigenvalue weighted by molar-refractivity contribution is 5.92. The molecule has 1 saturated heterocycles. The lowest BCUT2D eigenvalue weighted by atomic mass is 10.0. The minimum Gasteiger partial charge on any atom is -0.354 e. The van der Waals surface area contributed by atoms with E-state index in [1.54, 1.807) is 19.3 Å². The summed E-state index contributed by atoms with van der Waals surface area (Å²) >= 11 is 0. The summed E-state index contributed by atoms with van der Waals surface area (Å²) in [4.78, 5) is 23.5. The number of hydrogen-bond donors (Lipinski definition) is 1. The fraction of sp³-hybridized carbons (Fsp3) is 0.417. The molecule has 31 heavy (non-hydrogen) atoms. The maximum absolute atomic E-state index is 11.8. The third kappa shape index (κ3) is 4.51. The Morgan fingerprint density at radius 1 is 1.23 bits per heavy atom. The van der Waals surface area contributed by atoms with Gasteiger partial charge in [0, 0.05) is 49.4 Å². The number of aryl methyl sites for hydroxylation is 3. The van der Waals surface area contributed by atoms with Crippen LogP contribution >= 0.6 is 0 Å². The quantitative estimate of drug-likeness (QED) is 0.661. The number of hydrogen-bond acceptors (Lipinski definition) is 5. The van der Waals surface area contributed by atoms with Gasteiger partial charge in [0.25, 0.3) is 5.91 Å². The number of rotatable bonds is 6. The van der Waals surface area contributed by atoms with Gasteiger partial charge < -0.3 is 5.32 Å². The smallest absolute Gasteiger partial charge is 0.269 e. The fourth-order valence-electron chi connectivity index (χ4n) is 4.30. The zero-order chi connectivity index (χ0) is 22.0. The Morgan fingerprint density at radius 3 is 2.74 bits per heavy atom. The molecule has 1 unspecified atom stereocenters. The topological polar surface area (TPSA) is 75.9 Å². The van der Waals surface area contributed by atoms with Crippen LogP contribution in [0.1, 0.15) is 58.9 Å². The first-order valence-corrected chi connectivity index (χ1v) is 10.9. The number of likely N-dealkylation sites (tertiary alicyclic amines) is 1. The number of amides is 1. The molecule has 4 heterocycles. The normalized spacial score (nSPS) is 16.6. The van der Waals surface area contributed by atoms with Gasteiger partial charge in [-0.05, 0) is 63.9 Å². The molecule has 0 saturated carbocycles. The Balaban J connectivity index is 1.59. The zero-order valence-corrected chi connectivity index (χ0v) is 18.7. The van der Waals surface area contributed by atoms with E-state index < -0.39 is 0 Å². The number of carbonyl (C=O) groups excluding carboxylic acids is 1. The lowest BCUT2D eigenvalue weighted by Crippen LogP contribution is -2.24. The van der Waals surface area contributed by atoms with E-state index in [0.29, 0.717) is 11.7 Å². The molecule has 0 bridgehead atoms. The van der Waals surface area contributed by atoms with Gasteiger partial charge in [-0.2, -0.15) is 5.10 Å². The van der Waals surface area contributed by atoms with Crippen LogP contribution in [0.5, 0.6) is 0 Å². The van der Waals surface area contributed by atoms with Gasteiger partial charge >= 0.3 is 0 Å². The van der Waals surface area contributed by atoms with Crippen molar-refractivity contribution in [1.82, 2.24) is 30.0 Å². The Kier molecular flexibility index (Phi) is 6.13. The zero-order valence-electron chi connectivity index (χ0n) is 18.7. The van der Waals surface area contributed by atoms with E-state index in [4.69, 9.17) is 4.98 Å². The van der Waals surface area contributed by atoms with Crippen molar-refractivity contribution in [3.05, 3.63) is 65.0 Å². The Labute approximate surface area is 183 Å². The van der Waals surface area contributed by atoms with Crippen LogP contribution in [0.3, 0.4) is 0 Å². The summed E-state index contributed by atoms with van der Waals surface area (Å²) in [5.74, 6) is -0.179. The Bertz CT molecular complexity index is 1070. The van der Waals surface area contributed by atoms with Crippen LogP contribution in [-0.4, -0.2) is 44.1 Å². The largest absolute Gasteiger partial charge is 0.354 e. The first-order valence-electron chi connectivity index (χ1n) is 10.9. The van der Waals surface area contributed by atoms with E-state index in [1.807, 2.05) is 17.7 Å². The summed E-state index contributed by atoms with van der Waals surface area (Å²) in [5, 5.41) is 7.21. The van der Waals surface area contributed by atoms with Crippen LogP contribution in [0.25, 0.3) is 11.1 Å². The van der Waals surface area contributed by atoms with Gasteiger partial charge in [0.15, 0.2) is 0 Å². The first kappa shape index (κ1) is 21.2. The maximum atomic E-state index is 11.8. The Hall–Kier alpha value is -3.06. The number of nitrogens with zero attached hydrogens (tertiary/aromatic N) is 5. The molecule has 1 atom stereocenters. The van der Waals surface area contributed by atoms with Crippen molar-refractivity contribution in [1.29, 1.82) is 0 Å². The number of carbonyl (C=O) groups is 1. The average Bonchev–Trinajstić information content (AvgIpc) is 3.39. The molecule has 4 rings (SSSR count). The highest BCUT2D eigenvalue weighted by Crippen LogP contribution is 2.34. The van der Waals surface area contributed by atoms with E-state index >= 15 is 0 Å². The van der Waals surface area contributed by atoms with E-state index in [0.717, 1.165) is 54.3 Å². The predicted octanol–water partition coefficient (Wildman–Crippen LogP) is 3.67. The van der Waals surface area contributed by atoms with Gasteiger partial charge in [-0.25, -0.2) is 0 Å². The first-order chi connectivity index (χ1) is 15.0. The van der Waals surface area contributed by atoms with E-state index in [-0.39, 0.29) is 5.91 Å². The minimum atomic E-state index is -0.179. The molecule has 7 nitrogen and oxygen atoms in total. The summed E-state index contributed by atoms with van der Waals surface area (Å²) in [5.41, 5.74) is 6.97. The maximum Gasteiger partial charge on any atom is 0.269 e. The van der Waals surface area contributed by atoms with Crippen LogP contribution < -0.4 is 5.32 Å². The van der Waals surface area contributed by atoms with Crippen LogP contribution in [0, 0.1) is 13.8 Å². The van der Waals surface area contributed by atoms with Crippen molar-refractivity contribution >= 4 is 5.91 Å². The van der Waals surface area contributed by atoms with Crippen LogP contribution in [0.2, 0.25) is 0 Å². The van der Waals surface area contributed by atoms with E-state index in [2.05, 4.69) is 52.5 Å². The van der Waals surface area contributed by atoms with Crippen LogP contribution in [0.15, 0.2) is 36.7 Å². The van der Waals surface area contributed by atoms with Gasteiger partial charge in [0.2, 0.25) is 0 Å². The number of pyridine rings is 2. The summed E-state index contributed by atoms with van der Waals surface area (Å²) in [6, 6.07) is 8.26. The van der Waals surface area contributed by atoms with Crippen molar-refractivity contribution < 1.29 is 4.79 Å². The van der Waals surface area contributed by atoms with Crippen molar-refractivity contribution in [3.8, 4) is 11.1 Å². The molecule has 1 aliphatic rings. The minimum absolute atomic E-state index is 0.179. The van der Waals surface area contributed by atoms with Crippen LogP contribution in [0.4, 0.5) is 0 Å². The molecule has 0 spiro atoms. The van der Waals surface area contributed by atoms with Gasteiger partial charge in [-0.15, -0.1) is 0 Å². The molecular weight excluding hydrogens is 388 g/mol. The molecule has 162 valence electrons. The lowest BCUT2D eigenvalue weighted by molar-refractivity contribution is 0.0958. The molecule has 1 amide bonds. The molecule has 0 aromatic carbocycles.